The molecular formula is C20H33N3O2. The van der Waals surface area contributed by atoms with Crippen molar-refractivity contribution >= 4 is 11.7 Å². The van der Waals surface area contributed by atoms with Crippen molar-refractivity contribution < 1.29 is 9.90 Å². The Kier molecular flexibility index (Phi) is 4.73. The summed E-state index contributed by atoms with van der Waals surface area (Å²) in [5.41, 5.74) is 13.4. The first kappa shape index (κ1) is 18.4. The van der Waals surface area contributed by atoms with Crippen LogP contribution in [0.2, 0.25) is 0 Å². The van der Waals surface area contributed by atoms with Gasteiger partial charge in [0, 0.05) is 25.0 Å². The third-order valence-electron chi connectivity index (χ3n) is 7.74. The van der Waals surface area contributed by atoms with E-state index in [4.69, 9.17) is 11.5 Å². The third kappa shape index (κ3) is 2.62. The molecule has 2 saturated carbocycles. The van der Waals surface area contributed by atoms with Gasteiger partial charge < -0.3 is 16.6 Å². The molecule has 3 rings (SSSR count). The Balaban J connectivity index is 1.84. The monoisotopic (exact) mass is 347 g/mol. The molecular weight excluding hydrogens is 314 g/mol. The molecule has 2 fully saturated rings. The highest BCUT2D eigenvalue weighted by molar-refractivity contribution is 6.00. The second kappa shape index (κ2) is 6.42. The normalized spacial score (nSPS) is 35.8. The Bertz CT molecular complexity index is 618. The number of Topliss-reactive ketones (excluding diaryl/α,β-unsaturated/α-hetero) is 1. The maximum atomic E-state index is 12.9. The van der Waals surface area contributed by atoms with Crippen LogP contribution in [0, 0.1) is 28.6 Å². The summed E-state index contributed by atoms with van der Waals surface area (Å²) < 4.78 is 0. The van der Waals surface area contributed by atoms with Gasteiger partial charge in [0.15, 0.2) is 11.7 Å². The number of guanidine groups is 1. The van der Waals surface area contributed by atoms with Gasteiger partial charge in [0.05, 0.1) is 0 Å². The van der Waals surface area contributed by atoms with Crippen LogP contribution < -0.4 is 11.5 Å². The van der Waals surface area contributed by atoms with Crippen LogP contribution in [0.5, 0.6) is 0 Å². The number of unbranched alkanes of at least 4 members (excludes halogenated alkanes) is 1. The fourth-order valence-corrected chi connectivity index (χ4v) is 6.21. The summed E-state index contributed by atoms with van der Waals surface area (Å²) in [7, 11) is 0. The lowest BCUT2D eigenvalue weighted by Crippen LogP contribution is -2.49. The molecule has 0 heterocycles. The van der Waals surface area contributed by atoms with Crippen LogP contribution in [0.1, 0.15) is 59.3 Å². The highest BCUT2D eigenvalue weighted by Gasteiger charge is 2.67. The number of carbonyl (C=O) groups is 1. The van der Waals surface area contributed by atoms with Crippen LogP contribution in [0.3, 0.4) is 0 Å². The molecule has 0 aliphatic heterocycles. The molecule has 3 aliphatic carbocycles. The molecule has 1 spiro atoms. The number of nitrogens with zero attached hydrogens (tertiary/aromatic N) is 1. The number of aliphatic imine (C=N–C) groups is 1. The van der Waals surface area contributed by atoms with Crippen molar-refractivity contribution in [2.24, 2.45) is 45.0 Å². The number of rotatable bonds is 6. The maximum Gasteiger partial charge on any atom is 0.185 e. The van der Waals surface area contributed by atoms with Crippen LogP contribution in [0.15, 0.2) is 16.1 Å². The molecule has 0 aromatic rings. The van der Waals surface area contributed by atoms with E-state index in [9.17, 15) is 9.90 Å². The van der Waals surface area contributed by atoms with Crippen molar-refractivity contribution in [3.63, 3.8) is 0 Å². The Morgan fingerprint density at radius 3 is 2.68 bits per heavy atom. The van der Waals surface area contributed by atoms with E-state index in [2.05, 4.69) is 25.8 Å². The predicted molar refractivity (Wildman–Crippen MR) is 99.9 cm³/mol. The first-order chi connectivity index (χ1) is 11.8. The first-order valence-corrected chi connectivity index (χ1v) is 9.67. The lowest BCUT2D eigenvalue weighted by Gasteiger charge is -2.54. The van der Waals surface area contributed by atoms with E-state index in [0.717, 1.165) is 37.7 Å². The van der Waals surface area contributed by atoms with E-state index in [0.29, 0.717) is 36.5 Å². The standard InChI is InChI=1S/C20H33N3O2/c1-12-13(11-24)8-14-9-16-15(6-4-5-7-23-18(21)22)17(25)10-20(12,16)19(14,2)3/h12-14,24H,4-11H2,1-3H3,(H4,21,22,23). The molecule has 0 saturated heterocycles. The number of allylic oxidation sites excluding steroid dienone is 2. The molecule has 0 aromatic heterocycles. The van der Waals surface area contributed by atoms with Gasteiger partial charge >= 0.3 is 0 Å². The summed E-state index contributed by atoms with van der Waals surface area (Å²) in [5.74, 6) is 1.75. The molecule has 0 aromatic carbocycles. The van der Waals surface area contributed by atoms with E-state index in [1.165, 1.54) is 5.57 Å². The van der Waals surface area contributed by atoms with E-state index in [-0.39, 0.29) is 23.4 Å². The highest BCUT2D eigenvalue weighted by atomic mass is 16.3. The van der Waals surface area contributed by atoms with Gasteiger partial charge in [0.1, 0.15) is 0 Å². The zero-order chi connectivity index (χ0) is 18.4. The number of fused-ring (bicyclic) bond motifs is 1. The van der Waals surface area contributed by atoms with Crippen LogP contribution in [-0.4, -0.2) is 30.0 Å². The molecule has 5 heteroatoms. The molecule has 3 aliphatic rings. The Labute approximate surface area is 150 Å². The molecule has 0 amide bonds. The van der Waals surface area contributed by atoms with Gasteiger partial charge in [-0.2, -0.15) is 0 Å². The van der Waals surface area contributed by atoms with Crippen molar-refractivity contribution in [2.75, 3.05) is 13.2 Å². The summed E-state index contributed by atoms with van der Waals surface area (Å²) in [6, 6.07) is 0. The number of aliphatic hydroxyl groups excluding tert-OH is 1. The van der Waals surface area contributed by atoms with Gasteiger partial charge in [0.2, 0.25) is 0 Å². The lowest BCUT2D eigenvalue weighted by atomic mass is 9.50. The van der Waals surface area contributed by atoms with E-state index in [1.807, 2.05) is 0 Å². The number of hydrogen-bond donors (Lipinski definition) is 3. The fraction of sp³-hybridized carbons (Fsp3) is 0.800. The van der Waals surface area contributed by atoms with Gasteiger partial charge in [0.25, 0.3) is 0 Å². The van der Waals surface area contributed by atoms with Crippen LogP contribution >= 0.6 is 0 Å². The van der Waals surface area contributed by atoms with Crippen LogP contribution in [0.25, 0.3) is 0 Å². The largest absolute Gasteiger partial charge is 0.396 e. The minimum Gasteiger partial charge on any atom is -0.396 e. The van der Waals surface area contributed by atoms with Crippen molar-refractivity contribution in [3.05, 3.63) is 11.1 Å². The maximum absolute atomic E-state index is 12.9. The minimum absolute atomic E-state index is 0.0322. The van der Waals surface area contributed by atoms with Gasteiger partial charge in [-0.25, -0.2) is 0 Å². The van der Waals surface area contributed by atoms with E-state index >= 15 is 0 Å². The minimum atomic E-state index is -0.0322. The summed E-state index contributed by atoms with van der Waals surface area (Å²) in [4.78, 5) is 16.9. The van der Waals surface area contributed by atoms with Crippen molar-refractivity contribution in [1.29, 1.82) is 0 Å². The SMILES string of the molecule is CC1C(CO)CC2CC3=C(CCCCN=C(N)N)C(=O)CC31C2(C)C. The van der Waals surface area contributed by atoms with Crippen LogP contribution in [0.4, 0.5) is 0 Å². The Morgan fingerprint density at radius 1 is 1.32 bits per heavy atom. The number of nitrogens with two attached hydrogens (primary N) is 2. The molecule has 0 radical (unpaired) electrons. The average Bonchev–Trinajstić information content (AvgIpc) is 2.87. The molecule has 4 atom stereocenters. The van der Waals surface area contributed by atoms with Crippen LogP contribution in [-0.2, 0) is 4.79 Å². The molecule has 140 valence electrons. The van der Waals surface area contributed by atoms with Gasteiger partial charge in [-0.15, -0.1) is 0 Å². The Hall–Kier alpha value is -1.36. The van der Waals surface area contributed by atoms with Crippen molar-refractivity contribution in [2.45, 2.75) is 59.3 Å². The quantitative estimate of drug-likeness (QED) is 0.390. The lowest BCUT2D eigenvalue weighted by molar-refractivity contribution is -0.122. The average molecular weight is 348 g/mol. The van der Waals surface area contributed by atoms with Gasteiger partial charge in [-0.1, -0.05) is 26.3 Å². The summed E-state index contributed by atoms with van der Waals surface area (Å²) in [6.07, 6.45) is 5.46. The molecule has 4 unspecified atom stereocenters. The highest BCUT2D eigenvalue weighted by Crippen LogP contribution is 2.73. The summed E-state index contributed by atoms with van der Waals surface area (Å²) >= 11 is 0. The van der Waals surface area contributed by atoms with E-state index < -0.39 is 0 Å². The van der Waals surface area contributed by atoms with Gasteiger partial charge in [-0.3, -0.25) is 9.79 Å². The second-order valence-electron chi connectivity index (χ2n) is 8.88. The molecule has 5 nitrogen and oxygen atoms in total. The number of ketones is 1. The third-order valence-corrected chi connectivity index (χ3v) is 7.74. The second-order valence-corrected chi connectivity index (χ2v) is 8.88. The van der Waals surface area contributed by atoms with Crippen molar-refractivity contribution in [1.82, 2.24) is 0 Å². The van der Waals surface area contributed by atoms with E-state index in [1.54, 1.807) is 0 Å². The Morgan fingerprint density at radius 2 is 2.04 bits per heavy atom. The summed E-state index contributed by atoms with van der Waals surface area (Å²) in [6.45, 7) is 7.83. The fourth-order valence-electron chi connectivity index (χ4n) is 6.21. The van der Waals surface area contributed by atoms with Crippen molar-refractivity contribution in [3.8, 4) is 0 Å². The molecule has 5 N–H and O–H groups in total. The summed E-state index contributed by atoms with van der Waals surface area (Å²) in [5, 5.41) is 9.85. The number of aliphatic hydroxyl groups is 1. The zero-order valence-corrected chi connectivity index (χ0v) is 15.8. The predicted octanol–water partition coefficient (Wildman–Crippen LogP) is 2.38. The van der Waals surface area contributed by atoms with Gasteiger partial charge in [-0.05, 0) is 60.8 Å². The zero-order valence-electron chi connectivity index (χ0n) is 15.8. The first-order valence-electron chi connectivity index (χ1n) is 9.67. The molecule has 25 heavy (non-hydrogen) atoms. The topological polar surface area (TPSA) is 102 Å². The number of hydrogen-bond acceptors (Lipinski definition) is 3. The number of carbonyl (C=O) groups excluding carboxylic acids is 1. The smallest absolute Gasteiger partial charge is 0.185 e. The molecule has 2 bridgehead atoms.